The number of H-pyrrole nitrogens is 1. The molecule has 1 aromatic carbocycles. The third kappa shape index (κ3) is 6.28. The molecule has 10 nitrogen and oxygen atoms in total. The number of amides is 1. The number of benzene rings is 1. The van der Waals surface area contributed by atoms with Gasteiger partial charge in [0.25, 0.3) is 0 Å². The molecule has 3 aromatic rings. The van der Waals surface area contributed by atoms with Gasteiger partial charge >= 0.3 is 6.09 Å². The van der Waals surface area contributed by atoms with Crippen molar-refractivity contribution in [3.8, 4) is 11.5 Å². The predicted molar refractivity (Wildman–Crippen MR) is 146 cm³/mol. The normalized spacial score (nSPS) is 16.5. The molecular weight excluding hydrogens is 572 g/mol. The highest BCUT2D eigenvalue weighted by atomic mass is 79.9. The van der Waals surface area contributed by atoms with Crippen LogP contribution in [0.2, 0.25) is 0 Å². The molecule has 12 heteroatoms. The number of rotatable bonds is 7. The molecule has 5 rings (SSSR count). The molecule has 1 aliphatic heterocycles. The molecule has 204 valence electrons. The number of aromatic amines is 1. The van der Waals surface area contributed by atoms with Gasteiger partial charge in [0.2, 0.25) is 6.79 Å². The van der Waals surface area contributed by atoms with E-state index < -0.39 is 5.60 Å². The quantitative estimate of drug-likeness (QED) is 0.313. The van der Waals surface area contributed by atoms with Crippen LogP contribution in [0.3, 0.4) is 0 Å². The highest BCUT2D eigenvalue weighted by Gasteiger charge is 2.27. The number of nitrogens with one attached hydrogen (secondary N) is 3. The summed E-state index contributed by atoms with van der Waals surface area (Å²) in [7, 11) is 0. The number of hydrogen-bond acceptors (Lipinski definition) is 8. The van der Waals surface area contributed by atoms with E-state index in [1.54, 1.807) is 6.33 Å². The molecule has 3 heterocycles. The van der Waals surface area contributed by atoms with E-state index in [1.807, 2.05) is 37.5 Å². The number of carbonyl (C=O) groups excluding carboxylic acids is 1. The van der Waals surface area contributed by atoms with Gasteiger partial charge in [-0.15, -0.1) is 0 Å². The zero-order valence-electron chi connectivity index (χ0n) is 21.8. The number of ether oxygens (including phenoxy) is 3. The molecule has 0 bridgehead atoms. The Hall–Kier alpha value is -2.73. The summed E-state index contributed by atoms with van der Waals surface area (Å²) in [4.78, 5) is 25.9. The summed E-state index contributed by atoms with van der Waals surface area (Å²) in [6.07, 6.45) is 7.78. The van der Waals surface area contributed by atoms with Crippen LogP contribution in [0.5, 0.6) is 11.5 Å². The average molecular weight is 606 g/mol. The topological polar surface area (TPSA) is 127 Å². The number of nitrogens with zero attached hydrogens (tertiary/aromatic N) is 3. The second kappa shape index (κ2) is 11.2. The number of hydrogen-bond donors (Lipinski definition) is 3. The van der Waals surface area contributed by atoms with Crippen LogP contribution in [0, 0.1) is 11.3 Å². The Balaban J connectivity index is 1.35. The number of halogens is 1. The van der Waals surface area contributed by atoms with Gasteiger partial charge in [0.15, 0.2) is 27.8 Å². The maximum Gasteiger partial charge on any atom is 0.407 e. The highest BCUT2D eigenvalue weighted by molar-refractivity contribution is 9.10. The Labute approximate surface area is 233 Å². The van der Waals surface area contributed by atoms with Crippen LogP contribution >= 0.6 is 27.7 Å². The molecule has 1 fully saturated rings. The van der Waals surface area contributed by atoms with Crippen LogP contribution in [0.15, 0.2) is 33.0 Å². The molecule has 2 aliphatic rings. The standard InChI is InChI=1S/C26H33BrN6O4S/c1-26(2,3)37-25(34)30-17(15-7-5-4-6-8-15)9-10-33-13-29-22(28)21-23(33)32-24(31-21)38-20-12-19-18(11-16(20)27)35-14-36-19/h11-13,15,17,28H,4-10,14H2,1-3H3,(H,30,34)(H,31,32). The monoisotopic (exact) mass is 604 g/mol. The number of aromatic nitrogens is 4. The molecule has 1 saturated carbocycles. The van der Waals surface area contributed by atoms with E-state index in [-0.39, 0.29) is 24.4 Å². The third-order valence-corrected chi connectivity index (χ3v) is 8.60. The summed E-state index contributed by atoms with van der Waals surface area (Å²) < 4.78 is 19.3. The number of fused-ring (bicyclic) bond motifs is 2. The van der Waals surface area contributed by atoms with Gasteiger partial charge in [-0.2, -0.15) is 0 Å². The number of imidazole rings is 1. The average Bonchev–Trinajstić information content (AvgIpc) is 3.50. The van der Waals surface area contributed by atoms with Crippen molar-refractivity contribution in [1.29, 1.82) is 5.41 Å². The van der Waals surface area contributed by atoms with Gasteiger partial charge in [0.1, 0.15) is 11.1 Å². The van der Waals surface area contributed by atoms with Gasteiger partial charge in [-0.25, -0.2) is 14.8 Å². The molecule has 1 atom stereocenters. The van der Waals surface area contributed by atoms with E-state index in [0.717, 1.165) is 22.2 Å². The maximum atomic E-state index is 12.6. The second-order valence-electron chi connectivity index (χ2n) is 10.7. The fourth-order valence-electron chi connectivity index (χ4n) is 4.95. The fraction of sp³-hybridized carbons (Fsp3) is 0.538. The van der Waals surface area contributed by atoms with Crippen molar-refractivity contribution in [1.82, 2.24) is 24.8 Å². The lowest BCUT2D eigenvalue weighted by Crippen LogP contribution is -2.44. The number of alkyl carbamates (subject to hydrolysis) is 1. The zero-order valence-corrected chi connectivity index (χ0v) is 24.2. The first kappa shape index (κ1) is 26.9. The maximum absolute atomic E-state index is 12.6. The van der Waals surface area contributed by atoms with E-state index in [2.05, 4.69) is 31.2 Å². The van der Waals surface area contributed by atoms with E-state index in [4.69, 9.17) is 24.6 Å². The summed E-state index contributed by atoms with van der Waals surface area (Å²) in [5.41, 5.74) is 0.813. The molecular formula is C26H33BrN6O4S. The van der Waals surface area contributed by atoms with E-state index in [0.29, 0.717) is 46.7 Å². The van der Waals surface area contributed by atoms with Gasteiger partial charge in [0, 0.05) is 22.0 Å². The Kier molecular flexibility index (Phi) is 7.90. The fourth-order valence-corrected chi connectivity index (χ4v) is 6.34. The SMILES string of the molecule is CC(C)(C)OC(=O)NC(CCn1cnc(=N)c2[nH]c(Sc3cc4c(cc3Br)OCO4)nc21)C1CCCCC1. The van der Waals surface area contributed by atoms with E-state index in [9.17, 15) is 4.79 Å². The highest BCUT2D eigenvalue weighted by Crippen LogP contribution is 2.42. The van der Waals surface area contributed by atoms with Crippen LogP contribution in [0.1, 0.15) is 59.3 Å². The van der Waals surface area contributed by atoms with E-state index in [1.165, 1.54) is 31.0 Å². The first-order valence-electron chi connectivity index (χ1n) is 12.9. The molecule has 1 aliphatic carbocycles. The minimum absolute atomic E-state index is 0.0132. The second-order valence-corrected chi connectivity index (χ2v) is 12.6. The number of aryl methyl sites for hydroxylation is 1. The van der Waals surface area contributed by atoms with Gasteiger partial charge in [0.05, 0.1) is 6.33 Å². The minimum Gasteiger partial charge on any atom is -0.454 e. The lowest BCUT2D eigenvalue weighted by molar-refractivity contribution is 0.0471. The lowest BCUT2D eigenvalue weighted by atomic mass is 9.82. The van der Waals surface area contributed by atoms with Crippen molar-refractivity contribution in [2.45, 2.75) is 87.5 Å². The van der Waals surface area contributed by atoms with E-state index >= 15 is 0 Å². The van der Waals surface area contributed by atoms with Crippen molar-refractivity contribution in [3.05, 3.63) is 28.4 Å². The Morgan fingerprint density at radius 1 is 1.29 bits per heavy atom. The first-order valence-corrected chi connectivity index (χ1v) is 14.5. The molecule has 2 aromatic heterocycles. The van der Waals surface area contributed by atoms with Crippen LogP contribution in [-0.2, 0) is 11.3 Å². The Morgan fingerprint density at radius 2 is 2.03 bits per heavy atom. The summed E-state index contributed by atoms with van der Waals surface area (Å²) in [6, 6.07) is 3.78. The Bertz CT molecular complexity index is 1380. The lowest BCUT2D eigenvalue weighted by Gasteiger charge is -2.32. The van der Waals surface area contributed by atoms with Crippen LogP contribution in [-0.4, -0.2) is 44.0 Å². The molecule has 0 saturated heterocycles. The number of carbonyl (C=O) groups is 1. The summed E-state index contributed by atoms with van der Waals surface area (Å²) in [5, 5.41) is 12.1. The van der Waals surface area contributed by atoms with Crippen LogP contribution < -0.4 is 20.3 Å². The largest absolute Gasteiger partial charge is 0.454 e. The summed E-state index contributed by atoms with van der Waals surface area (Å²) in [5.74, 6) is 1.80. The minimum atomic E-state index is -0.550. The molecule has 38 heavy (non-hydrogen) atoms. The van der Waals surface area contributed by atoms with Gasteiger partial charge in [-0.05, 0) is 74.0 Å². The van der Waals surface area contributed by atoms with Gasteiger partial charge in [-0.1, -0.05) is 31.0 Å². The summed E-state index contributed by atoms with van der Waals surface area (Å²) >= 11 is 5.04. The van der Waals surface area contributed by atoms with Gasteiger partial charge in [-0.3, -0.25) is 5.41 Å². The van der Waals surface area contributed by atoms with Crippen molar-refractivity contribution < 1.29 is 19.0 Å². The third-order valence-electron chi connectivity index (χ3n) is 6.73. The molecule has 1 unspecified atom stereocenters. The van der Waals surface area contributed by atoms with Crippen LogP contribution in [0.25, 0.3) is 11.2 Å². The smallest absolute Gasteiger partial charge is 0.407 e. The summed E-state index contributed by atoms with van der Waals surface area (Å²) in [6.45, 7) is 6.43. The van der Waals surface area contributed by atoms with Crippen molar-refractivity contribution >= 4 is 44.9 Å². The first-order chi connectivity index (χ1) is 18.2. The van der Waals surface area contributed by atoms with Crippen molar-refractivity contribution in [2.24, 2.45) is 5.92 Å². The van der Waals surface area contributed by atoms with Crippen LogP contribution in [0.4, 0.5) is 4.79 Å². The van der Waals surface area contributed by atoms with Gasteiger partial charge < -0.3 is 29.1 Å². The molecule has 0 radical (unpaired) electrons. The molecule has 0 spiro atoms. The molecule has 3 N–H and O–H groups in total. The zero-order chi connectivity index (χ0) is 26.9. The van der Waals surface area contributed by atoms with Crippen molar-refractivity contribution in [3.63, 3.8) is 0 Å². The predicted octanol–water partition coefficient (Wildman–Crippen LogP) is 5.74. The Morgan fingerprint density at radius 3 is 2.76 bits per heavy atom. The molecule has 1 amide bonds. The van der Waals surface area contributed by atoms with Crippen molar-refractivity contribution in [2.75, 3.05) is 6.79 Å².